The molecule has 0 spiro atoms. The maximum atomic E-state index is 12.1. The molecule has 2 rings (SSSR count). The van der Waals surface area contributed by atoms with E-state index in [0.29, 0.717) is 13.0 Å². The molecule has 0 aliphatic heterocycles. The third-order valence-electron chi connectivity index (χ3n) is 2.65. The second kappa shape index (κ2) is 6.26. The van der Waals surface area contributed by atoms with Gasteiger partial charge < -0.3 is 0 Å². The highest BCUT2D eigenvalue weighted by atomic mass is 79.9. The molecular formula is C12H13BrClN3O2S. The molecule has 0 saturated heterocycles. The zero-order chi connectivity index (χ0) is 14.8. The van der Waals surface area contributed by atoms with Gasteiger partial charge in [0.2, 0.25) is 10.0 Å². The van der Waals surface area contributed by atoms with Crippen molar-refractivity contribution in [2.75, 3.05) is 6.54 Å². The van der Waals surface area contributed by atoms with Gasteiger partial charge in [-0.05, 0) is 30.2 Å². The van der Waals surface area contributed by atoms with Crippen molar-refractivity contribution >= 4 is 37.6 Å². The fourth-order valence-corrected chi connectivity index (χ4v) is 3.77. The van der Waals surface area contributed by atoms with Gasteiger partial charge in [-0.15, -0.1) is 0 Å². The maximum Gasteiger partial charge on any atom is 0.242 e. The van der Waals surface area contributed by atoms with Gasteiger partial charge in [-0.25, -0.2) is 13.1 Å². The molecule has 5 nitrogen and oxygen atoms in total. The Hall–Kier alpha value is -0.890. The van der Waals surface area contributed by atoms with Crippen LogP contribution in [-0.2, 0) is 23.5 Å². The van der Waals surface area contributed by atoms with Crippen molar-refractivity contribution in [1.29, 1.82) is 0 Å². The minimum absolute atomic E-state index is 0.0774. The molecule has 0 radical (unpaired) electrons. The van der Waals surface area contributed by atoms with E-state index in [4.69, 9.17) is 11.6 Å². The molecule has 0 aliphatic carbocycles. The Bertz CT molecular complexity index is 715. The summed E-state index contributed by atoms with van der Waals surface area (Å²) in [4.78, 5) is 0.0774. The topological polar surface area (TPSA) is 64.0 Å². The quantitative estimate of drug-likeness (QED) is 0.868. The van der Waals surface area contributed by atoms with Crippen molar-refractivity contribution in [3.05, 3.63) is 45.7 Å². The number of hydrogen-bond acceptors (Lipinski definition) is 3. The Morgan fingerprint density at radius 2 is 2.20 bits per heavy atom. The summed E-state index contributed by atoms with van der Waals surface area (Å²) in [5.74, 6) is 0. The van der Waals surface area contributed by atoms with E-state index < -0.39 is 10.0 Å². The summed E-state index contributed by atoms with van der Waals surface area (Å²) < 4.78 is 29.2. The van der Waals surface area contributed by atoms with Gasteiger partial charge in [0, 0.05) is 24.3 Å². The van der Waals surface area contributed by atoms with Crippen molar-refractivity contribution in [2.24, 2.45) is 7.05 Å². The Kier molecular flexibility index (Phi) is 4.85. The van der Waals surface area contributed by atoms with Crippen LogP contribution in [0.3, 0.4) is 0 Å². The molecule has 20 heavy (non-hydrogen) atoms. The van der Waals surface area contributed by atoms with E-state index in [9.17, 15) is 8.42 Å². The van der Waals surface area contributed by atoms with Gasteiger partial charge in [0.15, 0.2) is 0 Å². The monoisotopic (exact) mass is 377 g/mol. The first-order valence-electron chi connectivity index (χ1n) is 5.81. The molecule has 1 N–H and O–H groups in total. The van der Waals surface area contributed by atoms with Gasteiger partial charge >= 0.3 is 0 Å². The average molecular weight is 379 g/mol. The molecule has 0 unspecified atom stereocenters. The van der Waals surface area contributed by atoms with Crippen LogP contribution in [0.1, 0.15) is 5.56 Å². The Morgan fingerprint density at radius 3 is 2.80 bits per heavy atom. The van der Waals surface area contributed by atoms with Crippen molar-refractivity contribution in [3.63, 3.8) is 0 Å². The van der Waals surface area contributed by atoms with Crippen molar-refractivity contribution in [3.8, 4) is 0 Å². The lowest BCUT2D eigenvalue weighted by Gasteiger charge is -2.08. The summed E-state index contributed by atoms with van der Waals surface area (Å²) in [6.45, 7) is 0.292. The Morgan fingerprint density at radius 1 is 1.45 bits per heavy atom. The van der Waals surface area contributed by atoms with E-state index in [1.165, 1.54) is 6.07 Å². The first-order chi connectivity index (χ1) is 9.38. The van der Waals surface area contributed by atoms with Crippen LogP contribution in [0.5, 0.6) is 0 Å². The summed E-state index contributed by atoms with van der Waals surface area (Å²) in [5, 5.41) is 4.22. The Labute approximate surface area is 131 Å². The van der Waals surface area contributed by atoms with E-state index in [0.717, 1.165) is 10.0 Å². The number of nitrogens with one attached hydrogen (secondary N) is 1. The predicted molar refractivity (Wildman–Crippen MR) is 81.3 cm³/mol. The highest BCUT2D eigenvalue weighted by molar-refractivity contribution is 9.10. The molecular weight excluding hydrogens is 366 g/mol. The molecule has 0 fully saturated rings. The van der Waals surface area contributed by atoms with Crippen LogP contribution in [-0.4, -0.2) is 24.7 Å². The molecule has 0 aliphatic rings. The Balaban J connectivity index is 2.04. The lowest BCUT2D eigenvalue weighted by molar-refractivity contribution is 0.581. The summed E-state index contributed by atoms with van der Waals surface area (Å²) in [6, 6.07) is 4.66. The molecule has 108 valence electrons. The summed E-state index contributed by atoms with van der Waals surface area (Å²) in [6.07, 6.45) is 4.13. The molecule has 0 amide bonds. The van der Waals surface area contributed by atoms with Crippen LogP contribution in [0.15, 0.2) is 40.0 Å². The first kappa shape index (κ1) is 15.5. The largest absolute Gasteiger partial charge is 0.276 e. The van der Waals surface area contributed by atoms with Crippen molar-refractivity contribution in [2.45, 2.75) is 11.3 Å². The number of aryl methyl sites for hydroxylation is 1. The van der Waals surface area contributed by atoms with Crippen LogP contribution < -0.4 is 4.72 Å². The van der Waals surface area contributed by atoms with E-state index in [2.05, 4.69) is 25.8 Å². The fourth-order valence-electron chi connectivity index (χ4n) is 1.70. The lowest BCUT2D eigenvalue weighted by atomic mass is 10.3. The number of aromatic nitrogens is 2. The molecule has 0 atom stereocenters. The van der Waals surface area contributed by atoms with Crippen LogP contribution in [0.4, 0.5) is 0 Å². The number of rotatable bonds is 5. The van der Waals surface area contributed by atoms with Gasteiger partial charge in [0.05, 0.1) is 11.2 Å². The second-order valence-electron chi connectivity index (χ2n) is 4.24. The van der Waals surface area contributed by atoms with Gasteiger partial charge in [-0.3, -0.25) is 4.68 Å². The van der Waals surface area contributed by atoms with Gasteiger partial charge in [-0.2, -0.15) is 5.10 Å². The highest BCUT2D eigenvalue weighted by Crippen LogP contribution is 2.24. The lowest BCUT2D eigenvalue weighted by Crippen LogP contribution is -2.26. The first-order valence-corrected chi connectivity index (χ1v) is 8.46. The van der Waals surface area contributed by atoms with Crippen molar-refractivity contribution < 1.29 is 8.42 Å². The second-order valence-corrected chi connectivity index (χ2v) is 7.30. The summed E-state index contributed by atoms with van der Waals surface area (Å²) in [5.41, 5.74) is 0.970. The minimum atomic E-state index is -3.60. The van der Waals surface area contributed by atoms with Crippen molar-refractivity contribution in [1.82, 2.24) is 14.5 Å². The minimum Gasteiger partial charge on any atom is -0.276 e. The molecule has 8 heteroatoms. The third-order valence-corrected chi connectivity index (χ3v) is 5.08. The zero-order valence-electron chi connectivity index (χ0n) is 10.7. The smallest absolute Gasteiger partial charge is 0.242 e. The van der Waals surface area contributed by atoms with Gasteiger partial charge in [-0.1, -0.05) is 27.5 Å². The fraction of sp³-hybridized carbons (Fsp3) is 0.250. The average Bonchev–Trinajstić information content (AvgIpc) is 2.74. The maximum absolute atomic E-state index is 12.1. The summed E-state index contributed by atoms with van der Waals surface area (Å²) >= 11 is 9.19. The normalized spacial score (nSPS) is 11.8. The van der Waals surface area contributed by atoms with E-state index in [-0.39, 0.29) is 9.92 Å². The molecule has 1 aromatic carbocycles. The zero-order valence-corrected chi connectivity index (χ0v) is 13.8. The number of halogens is 2. The molecule has 1 aromatic heterocycles. The van der Waals surface area contributed by atoms with Crippen LogP contribution in [0, 0.1) is 0 Å². The standard InChI is InChI=1S/C12H13BrClN3O2S/c1-17-8-9(7-15-17)4-5-16-20(18,19)12-3-2-10(13)6-11(12)14/h2-3,6-8,16H,4-5H2,1H3. The van der Waals surface area contributed by atoms with E-state index in [1.54, 1.807) is 23.0 Å². The van der Waals surface area contributed by atoms with Gasteiger partial charge in [0.25, 0.3) is 0 Å². The number of nitrogens with zero attached hydrogens (tertiary/aromatic N) is 2. The molecule has 0 saturated carbocycles. The van der Waals surface area contributed by atoms with Crippen LogP contribution in [0.25, 0.3) is 0 Å². The number of hydrogen-bond donors (Lipinski definition) is 1. The molecule has 1 heterocycles. The number of benzene rings is 1. The predicted octanol–water partition coefficient (Wildman–Crippen LogP) is 2.36. The summed E-state index contributed by atoms with van der Waals surface area (Å²) in [7, 11) is -1.79. The van der Waals surface area contributed by atoms with E-state index in [1.807, 2.05) is 13.2 Å². The molecule has 0 bridgehead atoms. The molecule has 2 aromatic rings. The van der Waals surface area contributed by atoms with Crippen LogP contribution >= 0.6 is 27.5 Å². The van der Waals surface area contributed by atoms with Gasteiger partial charge in [0.1, 0.15) is 4.90 Å². The highest BCUT2D eigenvalue weighted by Gasteiger charge is 2.17. The van der Waals surface area contributed by atoms with Crippen LogP contribution in [0.2, 0.25) is 5.02 Å². The number of sulfonamides is 1. The SMILES string of the molecule is Cn1cc(CCNS(=O)(=O)c2ccc(Br)cc2Cl)cn1. The third kappa shape index (κ3) is 3.82. The van der Waals surface area contributed by atoms with E-state index >= 15 is 0 Å².